The van der Waals surface area contributed by atoms with Crippen molar-refractivity contribution in [1.29, 1.82) is 0 Å². The summed E-state index contributed by atoms with van der Waals surface area (Å²) in [6, 6.07) is 5.33. The maximum Gasteiger partial charge on any atom is 0.397 e. The number of ether oxygens (including phenoxy) is 1. The number of nitrogens with one attached hydrogen (secondary N) is 2. The number of carbonyl (C=O) groups excluding carboxylic acids is 2. The van der Waals surface area contributed by atoms with Gasteiger partial charge in [-0.1, -0.05) is 6.07 Å². The minimum Gasteiger partial charge on any atom is -0.459 e. The van der Waals surface area contributed by atoms with Gasteiger partial charge in [0.25, 0.3) is 5.56 Å². The van der Waals surface area contributed by atoms with Gasteiger partial charge in [-0.15, -0.1) is 11.3 Å². The molecule has 0 saturated heterocycles. The largest absolute Gasteiger partial charge is 0.459 e. The van der Waals surface area contributed by atoms with Gasteiger partial charge in [0, 0.05) is 17.3 Å². The van der Waals surface area contributed by atoms with Crippen LogP contribution in [-0.2, 0) is 14.3 Å². The third-order valence-corrected chi connectivity index (χ3v) is 4.66. The van der Waals surface area contributed by atoms with Crippen molar-refractivity contribution >= 4 is 29.0 Å². The molecule has 0 aliphatic carbocycles. The van der Waals surface area contributed by atoms with Crippen LogP contribution < -0.4 is 10.9 Å². The Labute approximate surface area is 158 Å². The highest BCUT2D eigenvalue weighted by Crippen LogP contribution is 2.27. The number of H-pyrrole nitrogens is 1. The van der Waals surface area contributed by atoms with Crippen molar-refractivity contribution in [3.05, 3.63) is 45.2 Å². The van der Waals surface area contributed by atoms with E-state index in [1.807, 2.05) is 17.5 Å². The monoisotopic (exact) mass is 387 g/mol. The molecular weight excluding hydrogens is 370 g/mol. The minimum atomic E-state index is -1.01. The SMILES string of the molecule is CCOC(=O)C(=O)Nc1cc(-c2cccs2)nn1-c1nc(C)c(C)c(=O)[nH]1. The predicted molar refractivity (Wildman–Crippen MR) is 100 cm³/mol. The van der Waals surface area contributed by atoms with Crippen molar-refractivity contribution in [3.63, 3.8) is 0 Å². The van der Waals surface area contributed by atoms with Crippen LogP contribution in [-0.4, -0.2) is 38.2 Å². The van der Waals surface area contributed by atoms with Crippen LogP contribution >= 0.6 is 11.3 Å². The Balaban J connectivity index is 2.07. The first-order valence-electron chi connectivity index (χ1n) is 8.10. The predicted octanol–water partition coefficient (Wildman–Crippen LogP) is 1.80. The summed E-state index contributed by atoms with van der Waals surface area (Å²) < 4.78 is 5.98. The number of nitrogens with zero attached hydrogens (tertiary/aromatic N) is 3. The Morgan fingerprint density at radius 1 is 1.37 bits per heavy atom. The normalized spacial score (nSPS) is 10.6. The zero-order valence-corrected chi connectivity index (χ0v) is 15.7. The number of hydrogen-bond acceptors (Lipinski definition) is 7. The first-order valence-corrected chi connectivity index (χ1v) is 8.98. The molecule has 0 spiro atoms. The molecular formula is C17H17N5O4S. The Morgan fingerprint density at radius 2 is 2.15 bits per heavy atom. The summed E-state index contributed by atoms with van der Waals surface area (Å²) in [5, 5.41) is 8.77. The van der Waals surface area contributed by atoms with Crippen molar-refractivity contribution in [2.24, 2.45) is 0 Å². The van der Waals surface area contributed by atoms with Gasteiger partial charge in [-0.25, -0.2) is 9.78 Å². The first-order chi connectivity index (χ1) is 12.9. The van der Waals surface area contributed by atoms with Crippen molar-refractivity contribution in [1.82, 2.24) is 19.7 Å². The molecule has 0 aliphatic heterocycles. The van der Waals surface area contributed by atoms with E-state index in [0.717, 1.165) is 4.88 Å². The molecule has 2 N–H and O–H groups in total. The molecule has 0 bridgehead atoms. The quantitative estimate of drug-likeness (QED) is 0.520. The molecule has 0 saturated carbocycles. The lowest BCUT2D eigenvalue weighted by Gasteiger charge is -2.08. The first kappa shape index (κ1) is 18.5. The third kappa shape index (κ3) is 3.80. The van der Waals surface area contributed by atoms with E-state index in [1.165, 1.54) is 16.0 Å². The number of carbonyl (C=O) groups is 2. The zero-order valence-electron chi connectivity index (χ0n) is 14.9. The Morgan fingerprint density at radius 3 is 2.78 bits per heavy atom. The van der Waals surface area contributed by atoms with E-state index in [2.05, 4.69) is 20.4 Å². The maximum absolute atomic E-state index is 12.1. The van der Waals surface area contributed by atoms with Gasteiger partial charge >= 0.3 is 11.9 Å². The number of esters is 1. The second-order valence-electron chi connectivity index (χ2n) is 5.58. The third-order valence-electron chi connectivity index (χ3n) is 3.77. The highest BCUT2D eigenvalue weighted by Gasteiger charge is 2.21. The summed E-state index contributed by atoms with van der Waals surface area (Å²) in [5.41, 5.74) is 1.27. The molecule has 0 unspecified atom stereocenters. The molecule has 0 radical (unpaired) electrons. The number of aromatic amines is 1. The van der Waals surface area contributed by atoms with Gasteiger partial charge in [0.1, 0.15) is 11.5 Å². The van der Waals surface area contributed by atoms with Crippen LogP contribution in [0.2, 0.25) is 0 Å². The molecule has 10 heteroatoms. The minimum absolute atomic E-state index is 0.0813. The van der Waals surface area contributed by atoms with Crippen LogP contribution in [0, 0.1) is 13.8 Å². The molecule has 3 heterocycles. The van der Waals surface area contributed by atoms with Crippen LogP contribution in [0.15, 0.2) is 28.4 Å². The molecule has 3 rings (SSSR count). The molecule has 0 aliphatic rings. The Kier molecular flexibility index (Phi) is 5.17. The average molecular weight is 387 g/mol. The summed E-state index contributed by atoms with van der Waals surface area (Å²) in [5.74, 6) is -1.64. The van der Waals surface area contributed by atoms with E-state index in [9.17, 15) is 14.4 Å². The van der Waals surface area contributed by atoms with Gasteiger partial charge in [0.15, 0.2) is 0 Å². The average Bonchev–Trinajstić information content (AvgIpc) is 3.29. The highest BCUT2D eigenvalue weighted by atomic mass is 32.1. The molecule has 27 heavy (non-hydrogen) atoms. The van der Waals surface area contributed by atoms with Gasteiger partial charge in [-0.3, -0.25) is 14.6 Å². The van der Waals surface area contributed by atoms with Crippen molar-refractivity contribution in [2.75, 3.05) is 11.9 Å². The fourth-order valence-electron chi connectivity index (χ4n) is 2.27. The molecule has 3 aromatic heterocycles. The maximum atomic E-state index is 12.1. The van der Waals surface area contributed by atoms with Gasteiger partial charge in [-0.2, -0.15) is 9.78 Å². The number of aryl methyl sites for hydroxylation is 1. The summed E-state index contributed by atoms with van der Waals surface area (Å²) >= 11 is 1.46. The summed E-state index contributed by atoms with van der Waals surface area (Å²) in [6.45, 7) is 5.05. The number of aromatic nitrogens is 4. The summed E-state index contributed by atoms with van der Waals surface area (Å²) in [6.07, 6.45) is 0. The molecule has 0 atom stereocenters. The number of rotatable bonds is 4. The van der Waals surface area contributed by atoms with Crippen LogP contribution in [0.25, 0.3) is 16.5 Å². The van der Waals surface area contributed by atoms with E-state index < -0.39 is 11.9 Å². The number of hydrogen-bond donors (Lipinski definition) is 2. The van der Waals surface area contributed by atoms with E-state index in [1.54, 1.807) is 26.8 Å². The van der Waals surface area contributed by atoms with E-state index in [-0.39, 0.29) is 23.9 Å². The Hall–Kier alpha value is -3.27. The number of amides is 1. The molecule has 0 aromatic carbocycles. The lowest BCUT2D eigenvalue weighted by atomic mass is 10.3. The second-order valence-corrected chi connectivity index (χ2v) is 6.53. The second kappa shape index (κ2) is 7.54. The smallest absolute Gasteiger partial charge is 0.397 e. The fraction of sp³-hybridized carbons (Fsp3) is 0.235. The van der Waals surface area contributed by atoms with Crippen molar-refractivity contribution < 1.29 is 14.3 Å². The summed E-state index contributed by atoms with van der Waals surface area (Å²) in [4.78, 5) is 43.6. The van der Waals surface area contributed by atoms with Gasteiger partial charge < -0.3 is 10.1 Å². The summed E-state index contributed by atoms with van der Waals surface area (Å²) in [7, 11) is 0. The fourth-order valence-corrected chi connectivity index (χ4v) is 2.95. The molecule has 140 valence electrons. The van der Waals surface area contributed by atoms with Crippen LogP contribution in [0.4, 0.5) is 5.82 Å². The topological polar surface area (TPSA) is 119 Å². The molecule has 3 aromatic rings. The van der Waals surface area contributed by atoms with Crippen molar-refractivity contribution in [3.8, 4) is 16.5 Å². The number of anilines is 1. The van der Waals surface area contributed by atoms with E-state index in [0.29, 0.717) is 17.0 Å². The molecule has 0 fully saturated rings. The molecule has 1 amide bonds. The van der Waals surface area contributed by atoms with E-state index >= 15 is 0 Å². The zero-order chi connectivity index (χ0) is 19.6. The number of thiophene rings is 1. The van der Waals surface area contributed by atoms with E-state index in [4.69, 9.17) is 4.74 Å². The Bertz CT molecular complexity index is 1050. The van der Waals surface area contributed by atoms with Gasteiger partial charge in [0.05, 0.1) is 11.5 Å². The molecule has 9 nitrogen and oxygen atoms in total. The lowest BCUT2D eigenvalue weighted by Crippen LogP contribution is -2.27. The van der Waals surface area contributed by atoms with Gasteiger partial charge in [-0.05, 0) is 32.2 Å². The van der Waals surface area contributed by atoms with Crippen LogP contribution in [0.5, 0.6) is 0 Å². The lowest BCUT2D eigenvalue weighted by molar-refractivity contribution is -0.152. The standard InChI is InChI=1S/C17H17N5O4S/c1-4-26-16(25)15(24)19-13-8-11(12-6-5-7-27-12)21-22(13)17-18-10(3)9(2)14(23)20-17/h5-8H,4H2,1-3H3,(H,19,24)(H,18,20,23). The van der Waals surface area contributed by atoms with Crippen LogP contribution in [0.1, 0.15) is 18.2 Å². The van der Waals surface area contributed by atoms with Gasteiger partial charge in [0.2, 0.25) is 5.95 Å². The van der Waals surface area contributed by atoms with Crippen molar-refractivity contribution in [2.45, 2.75) is 20.8 Å². The highest BCUT2D eigenvalue weighted by molar-refractivity contribution is 7.13. The van der Waals surface area contributed by atoms with Crippen LogP contribution in [0.3, 0.4) is 0 Å².